The van der Waals surface area contributed by atoms with Gasteiger partial charge in [-0.05, 0) is 62.1 Å². The Morgan fingerprint density at radius 2 is 1.96 bits per heavy atom. The van der Waals surface area contributed by atoms with Gasteiger partial charge in [0.25, 0.3) is 5.91 Å². The number of carboxylic acid groups (broad SMARTS) is 1. The van der Waals surface area contributed by atoms with Crippen LogP contribution in [-0.4, -0.2) is 41.1 Å². The summed E-state index contributed by atoms with van der Waals surface area (Å²) < 4.78 is 11.0. The van der Waals surface area contributed by atoms with Crippen LogP contribution in [0, 0.1) is 5.41 Å². The van der Waals surface area contributed by atoms with Crippen LogP contribution in [-0.2, 0) is 4.79 Å². The minimum atomic E-state index is -0.829. The summed E-state index contributed by atoms with van der Waals surface area (Å²) in [4.78, 5) is 26.8. The number of rotatable bonds is 5. The van der Waals surface area contributed by atoms with Crippen molar-refractivity contribution in [2.75, 3.05) is 7.11 Å². The molecule has 6 nitrogen and oxygen atoms in total. The molecule has 1 aromatic heterocycles. The van der Waals surface area contributed by atoms with Crippen LogP contribution < -0.4 is 4.74 Å². The summed E-state index contributed by atoms with van der Waals surface area (Å²) in [7, 11) is 1.61. The maximum atomic E-state index is 13.1. The lowest BCUT2D eigenvalue weighted by molar-refractivity contribution is -0.151. The summed E-state index contributed by atoms with van der Waals surface area (Å²) in [5, 5.41) is 9.78. The summed E-state index contributed by atoms with van der Waals surface area (Å²) in [5.74, 6) is 0.606. The highest BCUT2D eigenvalue weighted by atomic mass is 16.5. The highest BCUT2D eigenvalue weighted by Gasteiger charge is 2.60. The number of carboxylic acids is 1. The molecule has 2 aliphatic rings. The van der Waals surface area contributed by atoms with Gasteiger partial charge in [0.2, 0.25) is 0 Å². The third-order valence-corrected chi connectivity index (χ3v) is 6.22. The lowest BCUT2D eigenvalue weighted by atomic mass is 9.72. The topological polar surface area (TPSA) is 80.0 Å². The van der Waals surface area contributed by atoms with Crippen molar-refractivity contribution in [2.45, 2.75) is 44.7 Å². The first-order valence-corrected chi connectivity index (χ1v) is 9.30. The van der Waals surface area contributed by atoms with Crippen molar-refractivity contribution in [3.05, 3.63) is 42.2 Å². The zero-order valence-electron chi connectivity index (χ0n) is 15.5. The molecule has 2 aliphatic heterocycles. The molecular formula is C21H23NO5. The number of nitrogens with zero attached hydrogens (tertiary/aromatic N) is 1. The van der Waals surface area contributed by atoms with E-state index in [1.807, 2.05) is 31.2 Å². The monoisotopic (exact) mass is 369 g/mol. The Kier molecular flexibility index (Phi) is 4.21. The van der Waals surface area contributed by atoms with Gasteiger partial charge in [0, 0.05) is 17.6 Å². The predicted molar refractivity (Wildman–Crippen MR) is 98.7 cm³/mol. The predicted octanol–water partition coefficient (Wildman–Crippen LogP) is 3.81. The number of furan rings is 1. The molecular weight excluding hydrogens is 346 g/mol. The van der Waals surface area contributed by atoms with Crippen LogP contribution in [0.25, 0.3) is 11.3 Å². The number of carbonyl (C=O) groups excluding carboxylic acids is 1. The lowest BCUT2D eigenvalue weighted by Crippen LogP contribution is -2.44. The fraction of sp³-hybridized carbons (Fsp3) is 0.429. The van der Waals surface area contributed by atoms with Gasteiger partial charge in [0.1, 0.15) is 11.5 Å². The van der Waals surface area contributed by atoms with Crippen molar-refractivity contribution in [3.8, 4) is 17.1 Å². The molecule has 142 valence electrons. The van der Waals surface area contributed by atoms with Crippen molar-refractivity contribution in [1.29, 1.82) is 0 Å². The number of ether oxygens (including phenoxy) is 1. The number of amides is 1. The van der Waals surface area contributed by atoms with Gasteiger partial charge in [-0.1, -0.05) is 6.92 Å². The van der Waals surface area contributed by atoms with Crippen LogP contribution >= 0.6 is 0 Å². The number of aliphatic carboxylic acids is 1. The smallest absolute Gasteiger partial charge is 0.311 e. The van der Waals surface area contributed by atoms with Crippen molar-refractivity contribution in [3.63, 3.8) is 0 Å². The van der Waals surface area contributed by atoms with E-state index in [0.29, 0.717) is 18.6 Å². The van der Waals surface area contributed by atoms with Crippen LogP contribution in [0.15, 0.2) is 40.8 Å². The molecule has 3 atom stereocenters. The second-order valence-corrected chi connectivity index (χ2v) is 7.37. The molecule has 0 saturated carbocycles. The number of carbonyl (C=O) groups is 2. The Balaban J connectivity index is 1.59. The summed E-state index contributed by atoms with van der Waals surface area (Å²) in [5.41, 5.74) is 0.0250. The summed E-state index contributed by atoms with van der Waals surface area (Å²) in [6.45, 7) is 1.89. The highest BCUT2D eigenvalue weighted by Crippen LogP contribution is 2.52. The average molecular weight is 369 g/mol. The number of hydrogen-bond acceptors (Lipinski definition) is 4. The molecule has 1 N–H and O–H groups in total. The maximum absolute atomic E-state index is 13.1. The van der Waals surface area contributed by atoms with E-state index in [1.54, 1.807) is 24.1 Å². The van der Waals surface area contributed by atoms with Gasteiger partial charge in [0.15, 0.2) is 5.76 Å². The molecule has 1 aromatic carbocycles. The minimum Gasteiger partial charge on any atom is -0.497 e. The molecule has 0 spiro atoms. The molecule has 0 unspecified atom stereocenters. The Morgan fingerprint density at radius 1 is 1.22 bits per heavy atom. The summed E-state index contributed by atoms with van der Waals surface area (Å²) in [6, 6.07) is 10.6. The molecule has 3 heterocycles. The number of hydrogen-bond donors (Lipinski definition) is 1. The van der Waals surface area contributed by atoms with Crippen molar-refractivity contribution in [2.24, 2.45) is 5.41 Å². The first-order valence-electron chi connectivity index (χ1n) is 9.30. The molecule has 6 heteroatoms. The van der Waals surface area contributed by atoms with E-state index in [4.69, 9.17) is 9.15 Å². The van der Waals surface area contributed by atoms with E-state index in [1.165, 1.54) is 0 Å². The normalized spacial score (nSPS) is 26.4. The van der Waals surface area contributed by atoms with Crippen LogP contribution in [0.4, 0.5) is 0 Å². The van der Waals surface area contributed by atoms with Crippen LogP contribution in [0.5, 0.6) is 5.75 Å². The van der Waals surface area contributed by atoms with Crippen LogP contribution in [0.1, 0.15) is 43.2 Å². The molecule has 0 radical (unpaired) electrons. The molecule has 2 aromatic rings. The Hall–Kier alpha value is -2.76. The Bertz CT molecular complexity index is 871. The number of methoxy groups -OCH3 is 1. The van der Waals surface area contributed by atoms with E-state index in [2.05, 4.69) is 0 Å². The number of fused-ring (bicyclic) bond motifs is 2. The SMILES string of the molecule is CC[C@@]1(C(=O)O)C[C@@H]2CC[C@H]1N2C(=O)c1ccc(-c2ccc(OC)cc2)o1. The quantitative estimate of drug-likeness (QED) is 0.867. The average Bonchev–Trinajstić information content (AvgIpc) is 3.41. The van der Waals surface area contributed by atoms with Gasteiger partial charge in [-0.3, -0.25) is 9.59 Å². The molecule has 0 aliphatic carbocycles. The van der Waals surface area contributed by atoms with E-state index < -0.39 is 11.4 Å². The largest absolute Gasteiger partial charge is 0.497 e. The van der Waals surface area contributed by atoms with Gasteiger partial charge in [-0.2, -0.15) is 0 Å². The third kappa shape index (κ3) is 2.62. The highest BCUT2D eigenvalue weighted by molar-refractivity contribution is 5.94. The van der Waals surface area contributed by atoms with E-state index in [-0.39, 0.29) is 23.8 Å². The summed E-state index contributed by atoms with van der Waals surface area (Å²) in [6.07, 6.45) is 2.66. The summed E-state index contributed by atoms with van der Waals surface area (Å²) >= 11 is 0. The molecule has 2 saturated heterocycles. The maximum Gasteiger partial charge on any atom is 0.311 e. The Labute approximate surface area is 157 Å². The minimum absolute atomic E-state index is 0.0203. The number of benzene rings is 1. The van der Waals surface area contributed by atoms with Crippen molar-refractivity contribution < 1.29 is 23.8 Å². The van der Waals surface area contributed by atoms with Crippen molar-refractivity contribution >= 4 is 11.9 Å². The molecule has 2 fully saturated rings. The third-order valence-electron chi connectivity index (χ3n) is 6.22. The van der Waals surface area contributed by atoms with E-state index >= 15 is 0 Å². The fourth-order valence-electron chi connectivity index (χ4n) is 4.74. The van der Waals surface area contributed by atoms with E-state index in [9.17, 15) is 14.7 Å². The standard InChI is InChI=1S/C21H23NO5/c1-3-21(20(24)25)12-14-6-11-18(21)22(14)19(23)17-10-9-16(27-17)13-4-7-15(26-2)8-5-13/h4-5,7-10,14,18H,3,6,11-12H2,1-2H3,(H,24,25)/t14-,18+,21+/m0/s1. The van der Waals surface area contributed by atoms with Gasteiger partial charge >= 0.3 is 5.97 Å². The fourth-order valence-corrected chi connectivity index (χ4v) is 4.74. The second kappa shape index (κ2) is 6.44. The first kappa shape index (κ1) is 17.6. The van der Waals surface area contributed by atoms with Gasteiger partial charge in [-0.25, -0.2) is 0 Å². The van der Waals surface area contributed by atoms with Crippen LogP contribution in [0.3, 0.4) is 0 Å². The van der Waals surface area contributed by atoms with Gasteiger partial charge in [-0.15, -0.1) is 0 Å². The first-order chi connectivity index (χ1) is 13.0. The second-order valence-electron chi connectivity index (χ2n) is 7.37. The molecule has 27 heavy (non-hydrogen) atoms. The van der Waals surface area contributed by atoms with Gasteiger partial charge in [0.05, 0.1) is 12.5 Å². The zero-order chi connectivity index (χ0) is 19.2. The van der Waals surface area contributed by atoms with Crippen LogP contribution in [0.2, 0.25) is 0 Å². The van der Waals surface area contributed by atoms with Crippen molar-refractivity contribution in [1.82, 2.24) is 4.90 Å². The van der Waals surface area contributed by atoms with E-state index in [0.717, 1.165) is 24.2 Å². The molecule has 4 rings (SSSR count). The zero-order valence-corrected chi connectivity index (χ0v) is 15.5. The molecule has 1 amide bonds. The Morgan fingerprint density at radius 3 is 2.56 bits per heavy atom. The lowest BCUT2D eigenvalue weighted by Gasteiger charge is -2.32. The molecule has 2 bridgehead atoms. The van der Waals surface area contributed by atoms with Gasteiger partial charge < -0.3 is 19.2 Å².